The van der Waals surface area contributed by atoms with Gasteiger partial charge in [-0.25, -0.2) is 10.8 Å². The molecule has 0 aliphatic carbocycles. The molecular weight excluding hydrogens is 142 g/mol. The van der Waals surface area contributed by atoms with Gasteiger partial charge in [0.25, 0.3) is 0 Å². The zero-order chi connectivity index (χ0) is 7.84. The molecule has 0 aromatic heterocycles. The summed E-state index contributed by atoms with van der Waals surface area (Å²) in [6, 6.07) is 0. The highest BCUT2D eigenvalue weighted by atomic mass is 15.5. The van der Waals surface area contributed by atoms with E-state index in [1.54, 1.807) is 12.4 Å². The summed E-state index contributed by atoms with van der Waals surface area (Å²) in [6.45, 7) is 0.778. The van der Waals surface area contributed by atoms with Crippen molar-refractivity contribution in [2.75, 3.05) is 6.54 Å². The van der Waals surface area contributed by atoms with Crippen LogP contribution in [0, 0.1) is 0 Å². The maximum Gasteiger partial charge on any atom is 0.150 e. The molecule has 58 valence electrons. The molecule has 0 radical (unpaired) electrons. The van der Waals surface area contributed by atoms with Crippen LogP contribution in [-0.4, -0.2) is 22.7 Å². The Morgan fingerprint density at radius 3 is 3.09 bits per heavy atom. The Hall–Kier alpha value is -1.49. The van der Waals surface area contributed by atoms with Crippen LogP contribution in [0.5, 0.6) is 0 Å². The molecule has 0 unspecified atom stereocenters. The summed E-state index contributed by atoms with van der Waals surface area (Å²) in [4.78, 5) is 6.01. The second-order valence-corrected chi connectivity index (χ2v) is 2.41. The third-order valence-corrected chi connectivity index (χ3v) is 1.64. The minimum atomic E-state index is 0.527. The minimum absolute atomic E-state index is 0.527. The van der Waals surface area contributed by atoms with E-state index in [-0.39, 0.29) is 0 Å². The van der Waals surface area contributed by atoms with Crippen LogP contribution in [0.3, 0.4) is 0 Å². The van der Waals surface area contributed by atoms with Crippen LogP contribution < -0.4 is 11.6 Å². The van der Waals surface area contributed by atoms with Crippen molar-refractivity contribution in [3.8, 4) is 0 Å². The third-order valence-electron chi connectivity index (χ3n) is 1.64. The average Bonchev–Trinajstić information content (AvgIpc) is 2.36. The first-order valence-corrected chi connectivity index (χ1v) is 3.29. The van der Waals surface area contributed by atoms with Crippen LogP contribution in [0.25, 0.3) is 0 Å². The molecule has 2 aliphatic rings. The SMILES string of the molecule is NC1=CN2CC=NC2=CN1N. The van der Waals surface area contributed by atoms with Gasteiger partial charge in [-0.2, -0.15) is 0 Å². The molecule has 0 saturated carbocycles. The van der Waals surface area contributed by atoms with Crippen LogP contribution in [-0.2, 0) is 0 Å². The predicted octanol–water partition coefficient (Wildman–Crippen LogP) is -0.881. The Morgan fingerprint density at radius 2 is 2.27 bits per heavy atom. The van der Waals surface area contributed by atoms with Gasteiger partial charge in [-0.05, 0) is 0 Å². The lowest BCUT2D eigenvalue weighted by molar-refractivity contribution is 0.403. The molecule has 0 spiro atoms. The molecule has 0 bridgehead atoms. The van der Waals surface area contributed by atoms with Crippen molar-refractivity contribution in [2.24, 2.45) is 16.6 Å². The molecule has 2 heterocycles. The highest BCUT2D eigenvalue weighted by Gasteiger charge is 2.17. The van der Waals surface area contributed by atoms with E-state index in [1.807, 2.05) is 11.1 Å². The van der Waals surface area contributed by atoms with E-state index in [0.717, 1.165) is 12.4 Å². The number of aliphatic imine (C=N–C) groups is 1. The Kier molecular flexibility index (Phi) is 1.13. The van der Waals surface area contributed by atoms with Crippen LogP contribution in [0.2, 0.25) is 0 Å². The van der Waals surface area contributed by atoms with Crippen molar-refractivity contribution in [2.45, 2.75) is 0 Å². The fourth-order valence-electron chi connectivity index (χ4n) is 1.04. The Morgan fingerprint density at radius 1 is 1.45 bits per heavy atom. The number of nitrogens with zero attached hydrogens (tertiary/aromatic N) is 3. The second kappa shape index (κ2) is 2.00. The monoisotopic (exact) mass is 151 g/mol. The second-order valence-electron chi connectivity index (χ2n) is 2.41. The molecule has 2 rings (SSSR count). The maximum atomic E-state index is 5.55. The number of hydrogen-bond acceptors (Lipinski definition) is 5. The molecule has 0 atom stereocenters. The molecule has 5 heteroatoms. The predicted molar refractivity (Wildman–Crippen MR) is 41.6 cm³/mol. The van der Waals surface area contributed by atoms with Gasteiger partial charge in [0.05, 0.1) is 12.7 Å². The first-order valence-electron chi connectivity index (χ1n) is 3.29. The van der Waals surface area contributed by atoms with Gasteiger partial charge < -0.3 is 10.6 Å². The van der Waals surface area contributed by atoms with E-state index < -0.39 is 0 Å². The van der Waals surface area contributed by atoms with Gasteiger partial charge in [-0.1, -0.05) is 0 Å². The maximum absolute atomic E-state index is 5.55. The van der Waals surface area contributed by atoms with Crippen molar-refractivity contribution in [1.29, 1.82) is 0 Å². The topological polar surface area (TPSA) is 70.9 Å². The molecular formula is C6H9N5. The molecule has 0 saturated heterocycles. The Labute approximate surface area is 64.2 Å². The molecule has 0 amide bonds. The van der Waals surface area contributed by atoms with Gasteiger partial charge in [0.15, 0.2) is 5.82 Å². The number of rotatable bonds is 0. The molecule has 5 nitrogen and oxygen atoms in total. The van der Waals surface area contributed by atoms with Gasteiger partial charge in [0.2, 0.25) is 0 Å². The Balaban J connectivity index is 2.31. The van der Waals surface area contributed by atoms with E-state index in [0.29, 0.717) is 5.82 Å². The van der Waals surface area contributed by atoms with Gasteiger partial charge in [0, 0.05) is 12.4 Å². The first kappa shape index (κ1) is 6.23. The van der Waals surface area contributed by atoms with E-state index in [1.165, 1.54) is 5.01 Å². The van der Waals surface area contributed by atoms with E-state index in [2.05, 4.69) is 4.99 Å². The van der Waals surface area contributed by atoms with Gasteiger partial charge in [-0.3, -0.25) is 5.01 Å². The lowest BCUT2D eigenvalue weighted by atomic mass is 10.5. The van der Waals surface area contributed by atoms with Gasteiger partial charge in [-0.15, -0.1) is 0 Å². The van der Waals surface area contributed by atoms with Crippen LogP contribution in [0.15, 0.2) is 29.0 Å². The summed E-state index contributed by atoms with van der Waals surface area (Å²) in [5.41, 5.74) is 5.55. The molecule has 11 heavy (non-hydrogen) atoms. The van der Waals surface area contributed by atoms with Crippen LogP contribution in [0.1, 0.15) is 0 Å². The highest BCUT2D eigenvalue weighted by molar-refractivity contribution is 5.65. The summed E-state index contributed by atoms with van der Waals surface area (Å²) < 4.78 is 0. The van der Waals surface area contributed by atoms with Crippen LogP contribution >= 0.6 is 0 Å². The number of nitrogens with two attached hydrogens (primary N) is 2. The minimum Gasteiger partial charge on any atom is -0.383 e. The van der Waals surface area contributed by atoms with E-state index in [4.69, 9.17) is 11.6 Å². The van der Waals surface area contributed by atoms with Crippen molar-refractivity contribution in [3.63, 3.8) is 0 Å². The van der Waals surface area contributed by atoms with E-state index in [9.17, 15) is 0 Å². The summed E-state index contributed by atoms with van der Waals surface area (Å²) in [5, 5.41) is 1.36. The zero-order valence-electron chi connectivity index (χ0n) is 5.94. The normalized spacial score (nSPS) is 21.5. The quantitative estimate of drug-likeness (QED) is 0.441. The highest BCUT2D eigenvalue weighted by Crippen LogP contribution is 2.17. The molecule has 4 N–H and O–H groups in total. The van der Waals surface area contributed by atoms with Gasteiger partial charge >= 0.3 is 0 Å². The smallest absolute Gasteiger partial charge is 0.150 e. The molecule has 0 aromatic carbocycles. The van der Waals surface area contributed by atoms with Crippen molar-refractivity contribution in [3.05, 3.63) is 24.0 Å². The van der Waals surface area contributed by atoms with Crippen molar-refractivity contribution >= 4 is 6.21 Å². The van der Waals surface area contributed by atoms with Crippen molar-refractivity contribution < 1.29 is 0 Å². The first-order chi connectivity index (χ1) is 5.27. The zero-order valence-corrected chi connectivity index (χ0v) is 5.94. The molecule has 2 aliphatic heterocycles. The largest absolute Gasteiger partial charge is 0.383 e. The van der Waals surface area contributed by atoms with E-state index >= 15 is 0 Å². The number of fused-ring (bicyclic) bond motifs is 1. The average molecular weight is 151 g/mol. The van der Waals surface area contributed by atoms with Crippen molar-refractivity contribution in [1.82, 2.24) is 9.91 Å². The fraction of sp³-hybridized carbons (Fsp3) is 0.167. The van der Waals surface area contributed by atoms with Gasteiger partial charge in [0.1, 0.15) is 5.82 Å². The summed E-state index contributed by atoms with van der Waals surface area (Å²) in [6.07, 6.45) is 5.27. The third kappa shape index (κ3) is 0.857. The fourth-order valence-corrected chi connectivity index (χ4v) is 1.04. The Bertz CT molecular complexity index is 264. The molecule has 0 aromatic rings. The number of hydrogen-bond donors (Lipinski definition) is 2. The van der Waals surface area contributed by atoms with Crippen LogP contribution in [0.4, 0.5) is 0 Å². The summed E-state index contributed by atoms with van der Waals surface area (Å²) >= 11 is 0. The summed E-state index contributed by atoms with van der Waals surface area (Å²) in [7, 11) is 0. The lowest BCUT2D eigenvalue weighted by Crippen LogP contribution is -2.35. The summed E-state index contributed by atoms with van der Waals surface area (Å²) in [5.74, 6) is 6.86. The standard InChI is InChI=1S/C6H9N5/c7-5-3-10-2-1-9-6(10)4-11(5)8/h1,3-4H,2,7-8H2. The number of hydrazine groups is 1. The lowest BCUT2D eigenvalue weighted by Gasteiger charge is -2.24. The molecule has 0 fully saturated rings.